The highest BCUT2D eigenvalue weighted by molar-refractivity contribution is 9.10. The van der Waals surface area contributed by atoms with Gasteiger partial charge in [0.1, 0.15) is 5.58 Å². The van der Waals surface area contributed by atoms with Crippen LogP contribution in [0.3, 0.4) is 0 Å². The number of rotatable bonds is 5. The van der Waals surface area contributed by atoms with Crippen molar-refractivity contribution in [2.45, 2.75) is 6.54 Å². The summed E-state index contributed by atoms with van der Waals surface area (Å²) in [5, 5.41) is 0.923. The number of fused-ring (bicyclic) bond motifs is 1. The van der Waals surface area contributed by atoms with E-state index in [2.05, 4.69) is 20.8 Å². The molecular formula is C23H23BrN2O5. The lowest BCUT2D eigenvalue weighted by atomic mass is 10.1. The summed E-state index contributed by atoms with van der Waals surface area (Å²) in [7, 11) is 3.12. The molecule has 7 nitrogen and oxygen atoms in total. The van der Waals surface area contributed by atoms with Crippen molar-refractivity contribution in [1.82, 2.24) is 9.80 Å². The van der Waals surface area contributed by atoms with Crippen LogP contribution in [0.4, 0.5) is 0 Å². The van der Waals surface area contributed by atoms with Crippen LogP contribution in [0.15, 0.2) is 56.1 Å². The summed E-state index contributed by atoms with van der Waals surface area (Å²) in [6.07, 6.45) is 0. The second-order valence-electron chi connectivity index (χ2n) is 7.37. The zero-order valence-electron chi connectivity index (χ0n) is 17.4. The minimum atomic E-state index is -0.358. The Balaban J connectivity index is 1.44. The standard InChI is InChI=1S/C23H23BrN2O5/c1-29-19-6-3-15(11-21(19)30-2)23(28)26-9-7-25(8-10-26)14-16-12-22(27)31-20-13-17(24)4-5-18(16)20/h3-6,11-13H,7-10,14H2,1-2H3. The Bertz CT molecular complexity index is 1170. The molecule has 8 heteroatoms. The van der Waals surface area contributed by atoms with E-state index in [-0.39, 0.29) is 11.5 Å². The van der Waals surface area contributed by atoms with Gasteiger partial charge in [0.25, 0.3) is 5.91 Å². The summed E-state index contributed by atoms with van der Waals surface area (Å²) in [4.78, 5) is 29.0. The summed E-state index contributed by atoms with van der Waals surface area (Å²) in [5.74, 6) is 1.10. The molecule has 0 bridgehead atoms. The smallest absolute Gasteiger partial charge is 0.336 e. The van der Waals surface area contributed by atoms with Crippen molar-refractivity contribution < 1.29 is 18.7 Å². The summed E-state index contributed by atoms with van der Waals surface area (Å²) in [6.45, 7) is 3.28. The van der Waals surface area contributed by atoms with Gasteiger partial charge in [-0.25, -0.2) is 4.79 Å². The molecule has 0 aliphatic carbocycles. The van der Waals surface area contributed by atoms with Crippen LogP contribution in [-0.4, -0.2) is 56.1 Å². The number of amides is 1. The Labute approximate surface area is 188 Å². The van der Waals surface area contributed by atoms with E-state index in [0.29, 0.717) is 42.3 Å². The number of methoxy groups -OCH3 is 2. The molecule has 1 amide bonds. The van der Waals surface area contributed by atoms with Gasteiger partial charge in [0.15, 0.2) is 11.5 Å². The van der Waals surface area contributed by atoms with Gasteiger partial charge in [-0.2, -0.15) is 0 Å². The highest BCUT2D eigenvalue weighted by Gasteiger charge is 2.23. The average molecular weight is 487 g/mol. The zero-order valence-corrected chi connectivity index (χ0v) is 19.0. The second kappa shape index (κ2) is 9.11. The normalized spacial score (nSPS) is 14.6. The number of carbonyl (C=O) groups excluding carboxylic acids is 1. The van der Waals surface area contributed by atoms with Crippen LogP contribution in [0.5, 0.6) is 11.5 Å². The molecule has 2 aromatic carbocycles. The molecule has 4 rings (SSSR count). The topological polar surface area (TPSA) is 72.2 Å². The molecule has 1 fully saturated rings. The molecule has 31 heavy (non-hydrogen) atoms. The van der Waals surface area contributed by atoms with Gasteiger partial charge in [-0.05, 0) is 42.0 Å². The van der Waals surface area contributed by atoms with Gasteiger partial charge in [-0.15, -0.1) is 0 Å². The molecule has 3 aromatic rings. The van der Waals surface area contributed by atoms with E-state index in [1.54, 1.807) is 44.6 Å². The predicted octanol–water partition coefficient (Wildman–Crippen LogP) is 3.53. The van der Waals surface area contributed by atoms with E-state index in [0.717, 1.165) is 28.5 Å². The van der Waals surface area contributed by atoms with Crippen LogP contribution in [0.2, 0.25) is 0 Å². The fourth-order valence-electron chi connectivity index (χ4n) is 3.84. The summed E-state index contributed by atoms with van der Waals surface area (Å²) < 4.78 is 16.7. The van der Waals surface area contributed by atoms with Crippen LogP contribution >= 0.6 is 15.9 Å². The number of halogens is 1. The van der Waals surface area contributed by atoms with Gasteiger partial charge in [0.05, 0.1) is 14.2 Å². The highest BCUT2D eigenvalue weighted by atomic mass is 79.9. The quantitative estimate of drug-likeness (QED) is 0.513. The fourth-order valence-corrected chi connectivity index (χ4v) is 4.18. The SMILES string of the molecule is COc1ccc(C(=O)N2CCN(Cc3cc(=O)oc4cc(Br)ccc34)CC2)cc1OC. The number of hydrogen-bond donors (Lipinski definition) is 0. The number of benzene rings is 2. The molecule has 2 heterocycles. The molecule has 0 atom stereocenters. The Morgan fingerprint density at radius 3 is 2.45 bits per heavy atom. The number of carbonyl (C=O) groups is 1. The summed E-state index contributed by atoms with van der Waals surface area (Å²) in [5.41, 5.74) is 1.71. The van der Waals surface area contributed by atoms with Gasteiger partial charge in [0, 0.05) is 54.2 Å². The highest BCUT2D eigenvalue weighted by Crippen LogP contribution is 2.28. The van der Waals surface area contributed by atoms with Crippen molar-refractivity contribution in [2.75, 3.05) is 40.4 Å². The van der Waals surface area contributed by atoms with Crippen LogP contribution in [0.1, 0.15) is 15.9 Å². The van der Waals surface area contributed by atoms with E-state index in [1.165, 1.54) is 0 Å². The van der Waals surface area contributed by atoms with Crippen molar-refractivity contribution >= 4 is 32.8 Å². The Kier molecular flexibility index (Phi) is 6.29. The molecule has 162 valence electrons. The van der Waals surface area contributed by atoms with Crippen molar-refractivity contribution in [3.8, 4) is 11.5 Å². The number of piperazine rings is 1. The van der Waals surface area contributed by atoms with E-state index in [4.69, 9.17) is 13.9 Å². The zero-order chi connectivity index (χ0) is 22.0. The summed E-state index contributed by atoms with van der Waals surface area (Å²) in [6, 6.07) is 12.5. The lowest BCUT2D eigenvalue weighted by Crippen LogP contribution is -2.48. The Hall–Kier alpha value is -2.84. The predicted molar refractivity (Wildman–Crippen MR) is 121 cm³/mol. The van der Waals surface area contributed by atoms with E-state index in [9.17, 15) is 9.59 Å². The largest absolute Gasteiger partial charge is 0.493 e. The molecule has 1 saturated heterocycles. The molecule has 0 radical (unpaired) electrons. The first-order chi connectivity index (χ1) is 15.0. The number of hydrogen-bond acceptors (Lipinski definition) is 6. The van der Waals surface area contributed by atoms with Crippen molar-refractivity contribution in [3.05, 3.63) is 68.5 Å². The molecule has 0 spiro atoms. The second-order valence-corrected chi connectivity index (χ2v) is 8.28. The minimum Gasteiger partial charge on any atom is -0.493 e. The van der Waals surface area contributed by atoms with Gasteiger partial charge < -0.3 is 18.8 Å². The maximum absolute atomic E-state index is 12.9. The van der Waals surface area contributed by atoms with E-state index < -0.39 is 0 Å². The van der Waals surface area contributed by atoms with E-state index >= 15 is 0 Å². The monoisotopic (exact) mass is 486 g/mol. The van der Waals surface area contributed by atoms with Gasteiger partial charge in [0.2, 0.25) is 0 Å². The van der Waals surface area contributed by atoms with Gasteiger partial charge in [-0.1, -0.05) is 15.9 Å². The molecule has 1 aliphatic heterocycles. The van der Waals surface area contributed by atoms with Crippen LogP contribution < -0.4 is 15.1 Å². The van der Waals surface area contributed by atoms with Crippen LogP contribution in [0, 0.1) is 0 Å². The van der Waals surface area contributed by atoms with Crippen molar-refractivity contribution in [3.63, 3.8) is 0 Å². The third kappa shape index (κ3) is 4.60. The molecular weight excluding hydrogens is 464 g/mol. The molecule has 1 aliphatic rings. The maximum Gasteiger partial charge on any atom is 0.336 e. The third-order valence-corrected chi connectivity index (χ3v) is 5.97. The Morgan fingerprint density at radius 2 is 1.74 bits per heavy atom. The summed E-state index contributed by atoms with van der Waals surface area (Å²) >= 11 is 3.41. The van der Waals surface area contributed by atoms with Gasteiger partial charge in [-0.3, -0.25) is 9.69 Å². The first kappa shape index (κ1) is 21.4. The first-order valence-corrected chi connectivity index (χ1v) is 10.7. The Morgan fingerprint density at radius 1 is 1.00 bits per heavy atom. The number of nitrogens with zero attached hydrogens (tertiary/aromatic N) is 2. The van der Waals surface area contributed by atoms with Crippen LogP contribution in [-0.2, 0) is 6.54 Å². The molecule has 0 N–H and O–H groups in total. The fraction of sp³-hybridized carbons (Fsp3) is 0.304. The molecule has 0 unspecified atom stereocenters. The first-order valence-electron chi connectivity index (χ1n) is 9.94. The lowest BCUT2D eigenvalue weighted by molar-refractivity contribution is 0.0628. The van der Waals surface area contributed by atoms with Gasteiger partial charge >= 0.3 is 5.63 Å². The van der Waals surface area contributed by atoms with Crippen molar-refractivity contribution in [1.29, 1.82) is 0 Å². The third-order valence-electron chi connectivity index (χ3n) is 5.48. The molecule has 1 aromatic heterocycles. The lowest BCUT2D eigenvalue weighted by Gasteiger charge is -2.35. The average Bonchev–Trinajstić information content (AvgIpc) is 2.78. The number of ether oxygens (including phenoxy) is 2. The van der Waals surface area contributed by atoms with E-state index in [1.807, 2.05) is 17.0 Å². The maximum atomic E-state index is 12.9. The van der Waals surface area contributed by atoms with Crippen LogP contribution in [0.25, 0.3) is 11.0 Å². The van der Waals surface area contributed by atoms with Crippen molar-refractivity contribution in [2.24, 2.45) is 0 Å². The minimum absolute atomic E-state index is 0.0312. The molecule has 0 saturated carbocycles.